The van der Waals surface area contributed by atoms with Crippen LogP contribution in [0.3, 0.4) is 0 Å². The number of hydrogen-bond donors (Lipinski definition) is 1. The van der Waals surface area contributed by atoms with Gasteiger partial charge in [-0.15, -0.1) is 0 Å². The van der Waals surface area contributed by atoms with Crippen molar-refractivity contribution in [2.75, 3.05) is 46.9 Å². The first kappa shape index (κ1) is 19.1. The lowest BCUT2D eigenvalue weighted by Crippen LogP contribution is -2.53. The number of hydrogen-bond acceptors (Lipinski definition) is 4. The van der Waals surface area contributed by atoms with Crippen molar-refractivity contribution in [3.8, 4) is 0 Å². The maximum Gasteiger partial charge on any atom is 0.409 e. The summed E-state index contributed by atoms with van der Waals surface area (Å²) < 4.78 is 10.2. The maximum atomic E-state index is 11.8. The smallest absolute Gasteiger partial charge is 0.409 e. The number of amides is 1. The first-order valence-corrected chi connectivity index (χ1v) is 8.62. The molecule has 1 aromatic carbocycles. The normalized spacial score (nSPS) is 15.2. The predicted molar refractivity (Wildman–Crippen MR) is 97.5 cm³/mol. The summed E-state index contributed by atoms with van der Waals surface area (Å²) in [7, 11) is 3.48. The second kappa shape index (κ2) is 9.88. The van der Waals surface area contributed by atoms with Crippen LogP contribution in [0, 0.1) is 0 Å². The highest BCUT2D eigenvalue weighted by atomic mass is 16.6. The first-order chi connectivity index (χ1) is 12.2. The van der Waals surface area contributed by atoms with Gasteiger partial charge < -0.3 is 24.6 Å². The van der Waals surface area contributed by atoms with Crippen LogP contribution in [0.2, 0.25) is 0 Å². The van der Waals surface area contributed by atoms with Crippen LogP contribution in [0.25, 0.3) is 0 Å². The molecule has 1 amide bonds. The lowest BCUT2D eigenvalue weighted by Gasteiger charge is -2.35. The number of rotatable bonds is 5. The monoisotopic (exact) mass is 348 g/mol. The highest BCUT2D eigenvalue weighted by molar-refractivity contribution is 5.80. The molecule has 0 unspecified atom stereocenters. The van der Waals surface area contributed by atoms with Gasteiger partial charge in [-0.25, -0.2) is 4.79 Å². The third-order valence-electron chi connectivity index (χ3n) is 4.10. The summed E-state index contributed by atoms with van der Waals surface area (Å²) in [6.07, 6.45) is -0.235. The van der Waals surface area contributed by atoms with Crippen LogP contribution in [0.5, 0.6) is 0 Å². The van der Waals surface area contributed by atoms with E-state index in [4.69, 9.17) is 9.47 Å². The highest BCUT2D eigenvalue weighted by Gasteiger charge is 2.23. The van der Waals surface area contributed by atoms with Gasteiger partial charge >= 0.3 is 6.09 Å². The lowest BCUT2D eigenvalue weighted by atomic mass is 10.1. The van der Waals surface area contributed by atoms with Gasteiger partial charge in [0.05, 0.1) is 13.2 Å². The summed E-state index contributed by atoms with van der Waals surface area (Å²) in [6, 6.07) is 8.32. The van der Waals surface area contributed by atoms with Gasteiger partial charge in [-0.1, -0.05) is 24.3 Å². The van der Waals surface area contributed by atoms with Crippen molar-refractivity contribution < 1.29 is 14.3 Å². The van der Waals surface area contributed by atoms with Crippen molar-refractivity contribution in [2.24, 2.45) is 4.99 Å². The van der Waals surface area contributed by atoms with Crippen LogP contribution < -0.4 is 5.32 Å². The Morgan fingerprint density at radius 2 is 1.72 bits per heavy atom. The quantitative estimate of drug-likeness (QED) is 0.648. The standard InChI is InChI=1S/C18H28N4O3/c1-4-25-18(23)22-11-9-21(10-12-22)17(19-2)20-13-15-5-7-16(8-6-15)14-24-3/h5-8H,4,9-14H2,1-3H3,(H,19,20). The molecule has 0 spiro atoms. The summed E-state index contributed by atoms with van der Waals surface area (Å²) in [5.74, 6) is 0.851. The molecule has 1 aromatic rings. The molecular formula is C18H28N4O3. The van der Waals surface area contributed by atoms with E-state index in [1.54, 1.807) is 19.1 Å². The van der Waals surface area contributed by atoms with Gasteiger partial charge in [0, 0.05) is 46.9 Å². The van der Waals surface area contributed by atoms with Gasteiger partial charge in [-0.05, 0) is 18.1 Å². The minimum atomic E-state index is -0.235. The van der Waals surface area contributed by atoms with Crippen LogP contribution in [-0.2, 0) is 22.6 Å². The number of aliphatic imine (C=N–C) groups is 1. The fourth-order valence-corrected chi connectivity index (χ4v) is 2.75. The maximum absolute atomic E-state index is 11.8. The van der Waals surface area contributed by atoms with E-state index < -0.39 is 0 Å². The molecule has 1 fully saturated rings. The summed E-state index contributed by atoms with van der Waals surface area (Å²) in [5.41, 5.74) is 2.34. The third-order valence-corrected chi connectivity index (χ3v) is 4.10. The lowest BCUT2D eigenvalue weighted by molar-refractivity contribution is 0.0914. The van der Waals surface area contributed by atoms with Crippen LogP contribution in [0.1, 0.15) is 18.1 Å². The fraction of sp³-hybridized carbons (Fsp3) is 0.556. The molecule has 0 atom stereocenters. The number of piperazine rings is 1. The van der Waals surface area contributed by atoms with Gasteiger partial charge in [0.1, 0.15) is 0 Å². The molecular weight excluding hydrogens is 320 g/mol. The van der Waals surface area contributed by atoms with Gasteiger partial charge in [0.2, 0.25) is 0 Å². The summed E-state index contributed by atoms with van der Waals surface area (Å²) in [6.45, 7) is 6.33. The van der Waals surface area contributed by atoms with Crippen molar-refractivity contribution >= 4 is 12.1 Å². The Morgan fingerprint density at radius 1 is 1.12 bits per heavy atom. The average molecular weight is 348 g/mol. The molecule has 1 aliphatic heterocycles. The molecule has 1 heterocycles. The number of ether oxygens (including phenoxy) is 2. The Bertz CT molecular complexity index is 566. The van der Waals surface area contributed by atoms with Crippen molar-refractivity contribution in [3.63, 3.8) is 0 Å². The molecule has 0 aromatic heterocycles. The van der Waals surface area contributed by atoms with Crippen LogP contribution >= 0.6 is 0 Å². The summed E-state index contributed by atoms with van der Waals surface area (Å²) in [5, 5.41) is 3.39. The Hall–Kier alpha value is -2.28. The van der Waals surface area contributed by atoms with E-state index >= 15 is 0 Å². The van der Waals surface area contributed by atoms with Gasteiger partial charge in [0.15, 0.2) is 5.96 Å². The number of nitrogens with one attached hydrogen (secondary N) is 1. The Balaban J connectivity index is 1.82. The van der Waals surface area contributed by atoms with E-state index in [2.05, 4.69) is 39.5 Å². The van der Waals surface area contributed by atoms with Crippen LogP contribution in [-0.4, -0.2) is 68.8 Å². The molecule has 1 aliphatic rings. The zero-order valence-electron chi connectivity index (χ0n) is 15.3. The van der Waals surface area contributed by atoms with Crippen molar-refractivity contribution in [2.45, 2.75) is 20.1 Å². The number of carbonyl (C=O) groups is 1. The third kappa shape index (κ3) is 5.63. The molecule has 7 heteroatoms. The van der Waals surface area contributed by atoms with Crippen LogP contribution in [0.15, 0.2) is 29.3 Å². The highest BCUT2D eigenvalue weighted by Crippen LogP contribution is 2.07. The minimum Gasteiger partial charge on any atom is -0.450 e. The average Bonchev–Trinajstić information content (AvgIpc) is 2.64. The Kier molecular flexibility index (Phi) is 7.53. The van der Waals surface area contributed by atoms with Gasteiger partial charge in [-0.3, -0.25) is 4.99 Å². The molecule has 7 nitrogen and oxygen atoms in total. The van der Waals surface area contributed by atoms with E-state index in [1.165, 1.54) is 5.56 Å². The van der Waals surface area contributed by atoms with E-state index in [-0.39, 0.29) is 6.09 Å². The zero-order chi connectivity index (χ0) is 18.1. The number of methoxy groups -OCH3 is 1. The van der Waals surface area contributed by atoms with E-state index in [0.717, 1.165) is 24.6 Å². The van der Waals surface area contributed by atoms with Crippen molar-refractivity contribution in [3.05, 3.63) is 35.4 Å². The molecule has 0 radical (unpaired) electrons. The second-order valence-corrected chi connectivity index (χ2v) is 5.82. The number of carbonyl (C=O) groups excluding carboxylic acids is 1. The molecule has 1 saturated heterocycles. The molecule has 1 N–H and O–H groups in total. The second-order valence-electron chi connectivity index (χ2n) is 5.82. The van der Waals surface area contributed by atoms with Crippen molar-refractivity contribution in [1.29, 1.82) is 0 Å². The molecule has 138 valence electrons. The van der Waals surface area contributed by atoms with E-state index in [1.807, 2.05) is 6.92 Å². The molecule has 0 saturated carbocycles. The summed E-state index contributed by atoms with van der Waals surface area (Å²) in [4.78, 5) is 20.0. The minimum absolute atomic E-state index is 0.235. The largest absolute Gasteiger partial charge is 0.450 e. The van der Waals surface area contributed by atoms with E-state index in [9.17, 15) is 4.79 Å². The number of guanidine groups is 1. The molecule has 0 bridgehead atoms. The topological polar surface area (TPSA) is 66.4 Å². The van der Waals surface area contributed by atoms with Gasteiger partial charge in [0.25, 0.3) is 0 Å². The summed E-state index contributed by atoms with van der Waals surface area (Å²) >= 11 is 0. The predicted octanol–water partition coefficient (Wildman–Crippen LogP) is 1.68. The number of benzene rings is 1. The zero-order valence-corrected chi connectivity index (χ0v) is 15.3. The fourth-order valence-electron chi connectivity index (χ4n) is 2.75. The molecule has 2 rings (SSSR count). The number of nitrogens with zero attached hydrogens (tertiary/aromatic N) is 3. The Morgan fingerprint density at radius 3 is 2.28 bits per heavy atom. The van der Waals surface area contributed by atoms with Crippen LogP contribution in [0.4, 0.5) is 4.79 Å². The van der Waals surface area contributed by atoms with Gasteiger partial charge in [-0.2, -0.15) is 0 Å². The molecule has 25 heavy (non-hydrogen) atoms. The SMILES string of the molecule is CCOC(=O)N1CCN(C(=NC)NCc2ccc(COC)cc2)CC1. The van der Waals surface area contributed by atoms with Crippen molar-refractivity contribution in [1.82, 2.24) is 15.1 Å². The Labute approximate surface area is 149 Å². The van der Waals surface area contributed by atoms with E-state index in [0.29, 0.717) is 32.8 Å². The first-order valence-electron chi connectivity index (χ1n) is 8.62. The molecule has 0 aliphatic carbocycles.